The third kappa shape index (κ3) is 7.51. The number of nitro benzene ring substituents is 1. The summed E-state index contributed by atoms with van der Waals surface area (Å²) in [5.74, 6) is 2.24. The first-order valence-corrected chi connectivity index (χ1v) is 9.12. The zero-order valence-electron chi connectivity index (χ0n) is 13.5. The van der Waals surface area contributed by atoms with Gasteiger partial charge < -0.3 is 10.6 Å². The number of carbonyl (C=O) groups is 1. The highest BCUT2D eigenvalue weighted by molar-refractivity contribution is 7.99. The number of carbonyl (C=O) groups excluding carboxylic acids is 1. The van der Waals surface area contributed by atoms with E-state index in [4.69, 9.17) is 0 Å². The van der Waals surface area contributed by atoms with Gasteiger partial charge in [0.05, 0.1) is 4.92 Å². The first kappa shape index (κ1) is 20.7. The quantitative estimate of drug-likeness (QED) is 0.415. The maximum atomic E-state index is 11.8. The molecule has 1 fully saturated rings. The molecular formula is C16H24ClN3O3S. The van der Waals surface area contributed by atoms with E-state index in [0.29, 0.717) is 19.0 Å². The molecule has 0 spiro atoms. The molecule has 2 N–H and O–H groups in total. The molecule has 6 nitrogen and oxygen atoms in total. The molecular weight excluding hydrogens is 350 g/mol. The number of nitro groups is 1. The van der Waals surface area contributed by atoms with Gasteiger partial charge in [-0.1, -0.05) is 12.1 Å². The van der Waals surface area contributed by atoms with Crippen molar-refractivity contribution in [2.75, 3.05) is 24.6 Å². The van der Waals surface area contributed by atoms with Gasteiger partial charge in [-0.15, -0.1) is 12.4 Å². The Morgan fingerprint density at radius 2 is 2.08 bits per heavy atom. The van der Waals surface area contributed by atoms with Gasteiger partial charge in [-0.3, -0.25) is 14.9 Å². The van der Waals surface area contributed by atoms with Gasteiger partial charge in [-0.25, -0.2) is 0 Å². The molecule has 1 aromatic rings. The molecule has 1 aliphatic heterocycles. The summed E-state index contributed by atoms with van der Waals surface area (Å²) < 4.78 is 0. The number of amides is 1. The van der Waals surface area contributed by atoms with Crippen molar-refractivity contribution < 1.29 is 9.72 Å². The molecule has 1 aliphatic rings. The molecule has 1 saturated heterocycles. The van der Waals surface area contributed by atoms with Gasteiger partial charge in [0.2, 0.25) is 5.91 Å². The summed E-state index contributed by atoms with van der Waals surface area (Å²) in [4.78, 5) is 22.0. The smallest absolute Gasteiger partial charge is 0.269 e. The Bertz CT molecular complexity index is 522. The molecule has 0 aromatic heterocycles. The van der Waals surface area contributed by atoms with Crippen molar-refractivity contribution in [2.45, 2.75) is 31.7 Å². The molecule has 1 amide bonds. The second-order valence-electron chi connectivity index (χ2n) is 5.66. The van der Waals surface area contributed by atoms with Crippen LogP contribution >= 0.6 is 24.2 Å². The number of nitrogens with zero attached hydrogens (tertiary/aromatic N) is 1. The Balaban J connectivity index is 0.00000288. The lowest BCUT2D eigenvalue weighted by atomic mass is 10.1. The van der Waals surface area contributed by atoms with Crippen molar-refractivity contribution in [1.82, 2.24) is 10.6 Å². The molecule has 1 unspecified atom stereocenters. The zero-order valence-corrected chi connectivity index (χ0v) is 15.2. The number of nitrogens with one attached hydrogen (secondary N) is 2. The molecule has 1 aromatic carbocycles. The third-order valence-corrected chi connectivity index (χ3v) is 4.92. The number of thioether (sulfide) groups is 1. The van der Waals surface area contributed by atoms with Gasteiger partial charge in [0, 0.05) is 49.2 Å². The lowest BCUT2D eigenvalue weighted by molar-refractivity contribution is -0.384. The highest BCUT2D eigenvalue weighted by Crippen LogP contribution is 2.13. The summed E-state index contributed by atoms with van der Waals surface area (Å²) >= 11 is 1.89. The summed E-state index contributed by atoms with van der Waals surface area (Å²) in [6.07, 6.45) is 3.29. The Morgan fingerprint density at radius 3 is 2.71 bits per heavy atom. The van der Waals surface area contributed by atoms with Gasteiger partial charge in [-0.2, -0.15) is 11.8 Å². The molecule has 8 heteroatoms. The lowest BCUT2D eigenvalue weighted by Crippen LogP contribution is -2.41. The third-order valence-electron chi connectivity index (χ3n) is 3.79. The van der Waals surface area contributed by atoms with Crippen LogP contribution in [0.2, 0.25) is 0 Å². The van der Waals surface area contributed by atoms with Gasteiger partial charge in [0.25, 0.3) is 5.69 Å². The number of unbranched alkanes of at least 4 members (excludes halogenated alkanes) is 1. The molecule has 0 bridgehead atoms. The SMILES string of the molecule is Cl.O=C(CC1CSCCN1)NCCCCc1ccc([N+](=O)[O-])cc1. The highest BCUT2D eigenvalue weighted by Gasteiger charge is 2.16. The molecule has 2 rings (SSSR count). The number of halogens is 1. The van der Waals surface area contributed by atoms with E-state index < -0.39 is 0 Å². The van der Waals surface area contributed by atoms with Crippen molar-refractivity contribution >= 4 is 35.8 Å². The van der Waals surface area contributed by atoms with Crippen molar-refractivity contribution in [1.29, 1.82) is 0 Å². The fourth-order valence-corrected chi connectivity index (χ4v) is 3.46. The van der Waals surface area contributed by atoms with E-state index >= 15 is 0 Å². The normalized spacial score (nSPS) is 16.9. The van der Waals surface area contributed by atoms with Crippen LogP contribution in [0.4, 0.5) is 5.69 Å². The Hall–Kier alpha value is -1.31. The molecule has 0 radical (unpaired) electrons. The van der Waals surface area contributed by atoms with E-state index in [1.54, 1.807) is 12.1 Å². The van der Waals surface area contributed by atoms with E-state index in [0.717, 1.165) is 42.9 Å². The van der Waals surface area contributed by atoms with Crippen LogP contribution in [0.3, 0.4) is 0 Å². The van der Waals surface area contributed by atoms with Crippen molar-refractivity contribution in [2.24, 2.45) is 0 Å². The predicted octanol–water partition coefficient (Wildman–Crippen LogP) is 2.55. The summed E-state index contributed by atoms with van der Waals surface area (Å²) in [7, 11) is 0. The number of hydrogen-bond donors (Lipinski definition) is 2. The minimum atomic E-state index is -0.390. The second kappa shape index (κ2) is 11.3. The molecule has 0 saturated carbocycles. The highest BCUT2D eigenvalue weighted by atomic mass is 35.5. The fourth-order valence-electron chi connectivity index (χ4n) is 2.51. The summed E-state index contributed by atoms with van der Waals surface area (Å²) in [6, 6.07) is 6.96. The van der Waals surface area contributed by atoms with Gasteiger partial charge >= 0.3 is 0 Å². The number of hydrogen-bond acceptors (Lipinski definition) is 5. The van der Waals surface area contributed by atoms with E-state index in [-0.39, 0.29) is 28.9 Å². The van der Waals surface area contributed by atoms with E-state index in [2.05, 4.69) is 10.6 Å². The van der Waals surface area contributed by atoms with Crippen molar-refractivity contribution in [3.63, 3.8) is 0 Å². The molecule has 24 heavy (non-hydrogen) atoms. The summed E-state index contributed by atoms with van der Waals surface area (Å²) in [5.41, 5.74) is 1.21. The molecule has 1 heterocycles. The van der Waals surface area contributed by atoms with Crippen LogP contribution in [-0.2, 0) is 11.2 Å². The standard InChI is InChI=1S/C16H23N3O3S.ClH/c20-16(11-14-12-23-10-9-17-14)18-8-2-1-3-13-4-6-15(7-5-13)19(21)22;/h4-7,14,17H,1-3,8-12H2,(H,18,20);1H. The first-order valence-electron chi connectivity index (χ1n) is 7.96. The average molecular weight is 374 g/mol. The van der Waals surface area contributed by atoms with Gasteiger partial charge in [-0.05, 0) is 24.8 Å². The number of non-ortho nitro benzene ring substituents is 1. The van der Waals surface area contributed by atoms with Crippen molar-refractivity contribution in [3.05, 3.63) is 39.9 Å². The lowest BCUT2D eigenvalue weighted by Gasteiger charge is -2.22. The minimum Gasteiger partial charge on any atom is -0.356 e. The molecule has 1 atom stereocenters. The Kier molecular flexibility index (Phi) is 9.75. The van der Waals surface area contributed by atoms with Gasteiger partial charge in [0.1, 0.15) is 0 Å². The van der Waals surface area contributed by atoms with Crippen LogP contribution in [0.15, 0.2) is 24.3 Å². The predicted molar refractivity (Wildman–Crippen MR) is 100 cm³/mol. The summed E-state index contributed by atoms with van der Waals surface area (Å²) in [6.45, 7) is 1.67. The number of aryl methyl sites for hydroxylation is 1. The van der Waals surface area contributed by atoms with Crippen LogP contribution in [-0.4, -0.2) is 41.5 Å². The Morgan fingerprint density at radius 1 is 1.33 bits per heavy atom. The van der Waals surface area contributed by atoms with Gasteiger partial charge in [0.15, 0.2) is 0 Å². The average Bonchev–Trinajstić information content (AvgIpc) is 2.56. The summed E-state index contributed by atoms with van der Waals surface area (Å²) in [5, 5.41) is 16.9. The van der Waals surface area contributed by atoms with E-state index in [9.17, 15) is 14.9 Å². The maximum absolute atomic E-state index is 11.8. The largest absolute Gasteiger partial charge is 0.356 e. The first-order chi connectivity index (χ1) is 11.1. The van der Waals surface area contributed by atoms with Crippen LogP contribution in [0.25, 0.3) is 0 Å². The second-order valence-corrected chi connectivity index (χ2v) is 6.81. The number of benzene rings is 1. The van der Waals surface area contributed by atoms with E-state index in [1.165, 1.54) is 12.1 Å². The number of rotatable bonds is 8. The van der Waals surface area contributed by atoms with Crippen LogP contribution in [0.5, 0.6) is 0 Å². The van der Waals surface area contributed by atoms with Crippen LogP contribution in [0, 0.1) is 10.1 Å². The molecule has 0 aliphatic carbocycles. The maximum Gasteiger partial charge on any atom is 0.269 e. The van der Waals surface area contributed by atoms with Crippen LogP contribution in [0.1, 0.15) is 24.8 Å². The topological polar surface area (TPSA) is 84.3 Å². The Labute approximate surface area is 152 Å². The molecule has 134 valence electrons. The van der Waals surface area contributed by atoms with Crippen LogP contribution < -0.4 is 10.6 Å². The fraction of sp³-hybridized carbons (Fsp3) is 0.562. The minimum absolute atomic E-state index is 0. The van der Waals surface area contributed by atoms with Crippen molar-refractivity contribution in [3.8, 4) is 0 Å². The monoisotopic (exact) mass is 373 g/mol. The zero-order chi connectivity index (χ0) is 16.5. The van der Waals surface area contributed by atoms with E-state index in [1.807, 2.05) is 11.8 Å².